The number of piperazine rings is 1. The summed E-state index contributed by atoms with van der Waals surface area (Å²) in [7, 11) is 0. The van der Waals surface area contributed by atoms with Crippen molar-refractivity contribution in [2.24, 2.45) is 0 Å². The highest BCUT2D eigenvalue weighted by Gasteiger charge is 2.26. The van der Waals surface area contributed by atoms with Crippen LogP contribution in [0.3, 0.4) is 0 Å². The number of rotatable bonds is 3. The van der Waals surface area contributed by atoms with E-state index in [0.29, 0.717) is 0 Å². The van der Waals surface area contributed by atoms with E-state index in [2.05, 4.69) is 20.1 Å². The molecule has 5 heteroatoms. The van der Waals surface area contributed by atoms with Crippen LogP contribution in [-0.4, -0.2) is 60.1 Å². The standard InChI is InChI=1S/C14H24N4O/c1-11-12(2)19-14(16-11)10-17-5-7-18(8-6-17)13-3-4-15-9-13/h13,15H,3-10H2,1-2H3. The highest BCUT2D eigenvalue weighted by Crippen LogP contribution is 2.15. The normalized spacial score (nSPS) is 26.1. The first-order chi connectivity index (χ1) is 9.22. The maximum absolute atomic E-state index is 5.67. The van der Waals surface area contributed by atoms with Gasteiger partial charge in [-0.3, -0.25) is 9.80 Å². The van der Waals surface area contributed by atoms with Crippen LogP contribution in [0.4, 0.5) is 0 Å². The molecule has 5 nitrogen and oxygen atoms in total. The molecule has 0 spiro atoms. The van der Waals surface area contributed by atoms with Gasteiger partial charge in [0.2, 0.25) is 5.89 Å². The monoisotopic (exact) mass is 264 g/mol. The van der Waals surface area contributed by atoms with Crippen LogP contribution in [0.25, 0.3) is 0 Å². The molecule has 2 aliphatic heterocycles. The van der Waals surface area contributed by atoms with E-state index in [4.69, 9.17) is 4.42 Å². The summed E-state index contributed by atoms with van der Waals surface area (Å²) in [6.45, 7) is 11.8. The second kappa shape index (κ2) is 5.61. The minimum atomic E-state index is 0.758. The van der Waals surface area contributed by atoms with Crippen molar-refractivity contribution in [3.05, 3.63) is 17.3 Å². The Morgan fingerprint density at radius 2 is 2.05 bits per heavy atom. The highest BCUT2D eigenvalue weighted by molar-refractivity contribution is 5.05. The Morgan fingerprint density at radius 1 is 1.26 bits per heavy atom. The zero-order valence-electron chi connectivity index (χ0n) is 12.0. The third-order valence-corrected chi connectivity index (χ3v) is 4.39. The molecule has 1 aromatic heterocycles. The van der Waals surface area contributed by atoms with E-state index in [1.54, 1.807) is 0 Å². The summed E-state index contributed by atoms with van der Waals surface area (Å²) >= 11 is 0. The molecule has 0 bridgehead atoms. The molecule has 2 aliphatic rings. The van der Waals surface area contributed by atoms with E-state index < -0.39 is 0 Å². The van der Waals surface area contributed by atoms with E-state index in [1.807, 2.05) is 13.8 Å². The van der Waals surface area contributed by atoms with Crippen LogP contribution in [0.2, 0.25) is 0 Å². The number of aryl methyl sites for hydroxylation is 2. The minimum Gasteiger partial charge on any atom is -0.444 e. The molecule has 1 atom stereocenters. The molecule has 0 saturated carbocycles. The second-order valence-corrected chi connectivity index (χ2v) is 5.71. The molecule has 1 aromatic rings. The van der Waals surface area contributed by atoms with E-state index in [-0.39, 0.29) is 0 Å². The van der Waals surface area contributed by atoms with Gasteiger partial charge in [0.15, 0.2) is 0 Å². The molecule has 0 aliphatic carbocycles. The third kappa shape index (κ3) is 2.99. The molecule has 0 radical (unpaired) electrons. The lowest BCUT2D eigenvalue weighted by Crippen LogP contribution is -2.50. The van der Waals surface area contributed by atoms with E-state index in [0.717, 1.165) is 49.6 Å². The predicted octanol–water partition coefficient (Wildman–Crippen LogP) is 0.771. The molecule has 3 heterocycles. The van der Waals surface area contributed by atoms with Gasteiger partial charge < -0.3 is 9.73 Å². The zero-order chi connectivity index (χ0) is 13.2. The predicted molar refractivity (Wildman–Crippen MR) is 74.1 cm³/mol. The number of oxazole rings is 1. The lowest BCUT2D eigenvalue weighted by atomic mass is 10.2. The van der Waals surface area contributed by atoms with Gasteiger partial charge in [-0.2, -0.15) is 0 Å². The molecule has 1 N–H and O–H groups in total. The van der Waals surface area contributed by atoms with Crippen molar-refractivity contribution in [1.82, 2.24) is 20.1 Å². The zero-order valence-corrected chi connectivity index (χ0v) is 12.0. The molecule has 2 saturated heterocycles. The van der Waals surface area contributed by atoms with Gasteiger partial charge in [-0.05, 0) is 26.8 Å². The van der Waals surface area contributed by atoms with Gasteiger partial charge in [-0.25, -0.2) is 4.98 Å². The van der Waals surface area contributed by atoms with Crippen molar-refractivity contribution in [1.29, 1.82) is 0 Å². The Balaban J connectivity index is 1.49. The molecule has 3 rings (SSSR count). The fourth-order valence-corrected chi connectivity index (χ4v) is 3.04. The van der Waals surface area contributed by atoms with E-state index in [9.17, 15) is 0 Å². The maximum atomic E-state index is 5.67. The molecule has 0 aromatic carbocycles. The SMILES string of the molecule is Cc1nc(CN2CCN(C3CCNC3)CC2)oc1C. The number of nitrogens with zero attached hydrogens (tertiary/aromatic N) is 3. The largest absolute Gasteiger partial charge is 0.444 e. The van der Waals surface area contributed by atoms with Crippen LogP contribution in [0.15, 0.2) is 4.42 Å². The van der Waals surface area contributed by atoms with Crippen molar-refractivity contribution < 1.29 is 4.42 Å². The Bertz CT molecular complexity index is 398. The molecule has 19 heavy (non-hydrogen) atoms. The topological polar surface area (TPSA) is 44.5 Å². The Morgan fingerprint density at radius 3 is 2.63 bits per heavy atom. The molecular weight excluding hydrogens is 240 g/mol. The fourth-order valence-electron chi connectivity index (χ4n) is 3.04. The van der Waals surface area contributed by atoms with Gasteiger partial charge >= 0.3 is 0 Å². The lowest BCUT2D eigenvalue weighted by Gasteiger charge is -2.37. The summed E-state index contributed by atoms with van der Waals surface area (Å²) in [5.74, 6) is 1.82. The van der Waals surface area contributed by atoms with Gasteiger partial charge in [0, 0.05) is 38.8 Å². The summed E-state index contributed by atoms with van der Waals surface area (Å²) in [6.07, 6.45) is 1.30. The van der Waals surface area contributed by atoms with Crippen molar-refractivity contribution in [3.8, 4) is 0 Å². The van der Waals surface area contributed by atoms with Gasteiger partial charge in [0.25, 0.3) is 0 Å². The van der Waals surface area contributed by atoms with Crippen LogP contribution in [0.1, 0.15) is 23.8 Å². The van der Waals surface area contributed by atoms with Crippen LogP contribution in [-0.2, 0) is 6.54 Å². The van der Waals surface area contributed by atoms with Crippen molar-refractivity contribution in [2.75, 3.05) is 39.3 Å². The summed E-state index contributed by atoms with van der Waals surface area (Å²) < 4.78 is 5.67. The summed E-state index contributed by atoms with van der Waals surface area (Å²) in [6, 6.07) is 0.758. The molecule has 2 fully saturated rings. The lowest BCUT2D eigenvalue weighted by molar-refractivity contribution is 0.0922. The Labute approximate surface area is 115 Å². The van der Waals surface area contributed by atoms with Crippen molar-refractivity contribution in [3.63, 3.8) is 0 Å². The highest BCUT2D eigenvalue weighted by atomic mass is 16.4. The number of aromatic nitrogens is 1. The Kier molecular flexibility index (Phi) is 3.86. The van der Waals surface area contributed by atoms with Crippen LogP contribution in [0.5, 0.6) is 0 Å². The average Bonchev–Trinajstić information content (AvgIpc) is 3.02. The van der Waals surface area contributed by atoms with Gasteiger partial charge in [0.05, 0.1) is 12.2 Å². The van der Waals surface area contributed by atoms with Crippen LogP contribution in [0, 0.1) is 13.8 Å². The van der Waals surface area contributed by atoms with Gasteiger partial charge in [-0.15, -0.1) is 0 Å². The number of hydrogen-bond acceptors (Lipinski definition) is 5. The second-order valence-electron chi connectivity index (χ2n) is 5.71. The minimum absolute atomic E-state index is 0.758. The van der Waals surface area contributed by atoms with Gasteiger partial charge in [0.1, 0.15) is 5.76 Å². The third-order valence-electron chi connectivity index (χ3n) is 4.39. The average molecular weight is 264 g/mol. The molecule has 0 amide bonds. The van der Waals surface area contributed by atoms with E-state index in [1.165, 1.54) is 26.1 Å². The first-order valence-corrected chi connectivity index (χ1v) is 7.32. The first kappa shape index (κ1) is 13.1. The summed E-state index contributed by atoms with van der Waals surface area (Å²) in [4.78, 5) is 9.54. The fraction of sp³-hybridized carbons (Fsp3) is 0.786. The van der Waals surface area contributed by atoms with E-state index >= 15 is 0 Å². The number of nitrogens with one attached hydrogen (secondary N) is 1. The smallest absolute Gasteiger partial charge is 0.208 e. The molecular formula is C14H24N4O. The quantitative estimate of drug-likeness (QED) is 0.873. The summed E-state index contributed by atoms with van der Waals surface area (Å²) in [5.41, 5.74) is 1.02. The Hall–Kier alpha value is -0.910. The van der Waals surface area contributed by atoms with Crippen LogP contribution >= 0.6 is 0 Å². The maximum Gasteiger partial charge on any atom is 0.208 e. The first-order valence-electron chi connectivity index (χ1n) is 7.32. The van der Waals surface area contributed by atoms with Gasteiger partial charge in [-0.1, -0.05) is 0 Å². The van der Waals surface area contributed by atoms with Crippen molar-refractivity contribution >= 4 is 0 Å². The molecule has 106 valence electrons. The molecule has 1 unspecified atom stereocenters. The van der Waals surface area contributed by atoms with Crippen molar-refractivity contribution in [2.45, 2.75) is 32.9 Å². The number of hydrogen-bond donors (Lipinski definition) is 1. The summed E-state index contributed by atoms with van der Waals surface area (Å²) in [5, 5.41) is 3.45. The van der Waals surface area contributed by atoms with Crippen LogP contribution < -0.4 is 5.32 Å².